The van der Waals surface area contributed by atoms with E-state index >= 15 is 0 Å². The number of fused-ring (bicyclic) bond motifs is 1. The van der Waals surface area contributed by atoms with E-state index in [0.717, 1.165) is 36.1 Å². The summed E-state index contributed by atoms with van der Waals surface area (Å²) >= 11 is 6.17. The lowest BCUT2D eigenvalue weighted by molar-refractivity contribution is -0.121. The monoisotopic (exact) mass is 634 g/mol. The molecule has 2 amide bonds. The van der Waals surface area contributed by atoms with Gasteiger partial charge < -0.3 is 41.8 Å². The van der Waals surface area contributed by atoms with Crippen molar-refractivity contribution in [2.75, 3.05) is 25.1 Å². The molecule has 0 spiro atoms. The molecular formula is C32H40BClN6O5. The van der Waals surface area contributed by atoms with E-state index in [4.69, 9.17) is 32.8 Å². The Kier molecular flexibility index (Phi) is 12.0. The smallest absolute Gasteiger partial charge is 0.488 e. The molecule has 3 aromatic carbocycles. The number of ether oxygens (including phenoxy) is 1. The van der Waals surface area contributed by atoms with Crippen LogP contribution in [0.3, 0.4) is 0 Å². The van der Waals surface area contributed by atoms with Crippen molar-refractivity contribution in [1.29, 1.82) is 0 Å². The lowest BCUT2D eigenvalue weighted by Crippen LogP contribution is -2.56. The van der Waals surface area contributed by atoms with Gasteiger partial charge in [-0.25, -0.2) is 0 Å². The van der Waals surface area contributed by atoms with Gasteiger partial charge in [-0.2, -0.15) is 0 Å². The summed E-state index contributed by atoms with van der Waals surface area (Å²) in [4.78, 5) is 32.3. The fraction of sp³-hybridized carbons (Fsp3) is 0.344. The predicted molar refractivity (Wildman–Crippen MR) is 178 cm³/mol. The molecule has 1 aliphatic heterocycles. The van der Waals surface area contributed by atoms with Crippen LogP contribution in [0, 0.1) is 0 Å². The highest BCUT2D eigenvalue weighted by Crippen LogP contribution is 2.34. The van der Waals surface area contributed by atoms with Crippen molar-refractivity contribution in [1.82, 2.24) is 10.6 Å². The second-order valence-corrected chi connectivity index (χ2v) is 11.4. The molecule has 1 heterocycles. The van der Waals surface area contributed by atoms with E-state index < -0.39 is 25.5 Å². The van der Waals surface area contributed by atoms with Crippen molar-refractivity contribution < 1.29 is 24.4 Å². The van der Waals surface area contributed by atoms with Gasteiger partial charge in [0.2, 0.25) is 5.91 Å². The number of nitrogens with zero attached hydrogens (tertiary/aromatic N) is 2. The molecular weight excluding hydrogens is 595 g/mol. The number of nitrogens with one attached hydrogen (secondary N) is 2. The Morgan fingerprint density at radius 3 is 2.31 bits per heavy atom. The summed E-state index contributed by atoms with van der Waals surface area (Å²) in [6, 6.07) is 18.5. The van der Waals surface area contributed by atoms with Crippen LogP contribution in [0.2, 0.25) is 5.02 Å². The molecule has 4 rings (SSSR count). The number of nitrogens with two attached hydrogens (primary N) is 2. The molecule has 0 saturated heterocycles. The summed E-state index contributed by atoms with van der Waals surface area (Å²) < 4.78 is 5.50. The van der Waals surface area contributed by atoms with Crippen LogP contribution in [0.5, 0.6) is 5.75 Å². The summed E-state index contributed by atoms with van der Waals surface area (Å²) in [6.45, 7) is 2.80. The van der Waals surface area contributed by atoms with Crippen LogP contribution in [0.1, 0.15) is 54.1 Å². The lowest BCUT2D eigenvalue weighted by Gasteiger charge is -2.36. The largest absolute Gasteiger partial charge is 0.497 e. The number of halogens is 1. The number of anilines is 1. The molecule has 0 saturated carbocycles. The number of rotatable bonds is 13. The molecule has 13 heteroatoms. The van der Waals surface area contributed by atoms with Crippen LogP contribution in [0.4, 0.5) is 5.69 Å². The van der Waals surface area contributed by atoms with Crippen molar-refractivity contribution in [3.63, 3.8) is 0 Å². The number of hydrogen-bond donors (Lipinski definition) is 6. The summed E-state index contributed by atoms with van der Waals surface area (Å²) in [5, 5.41) is 24.8. The first-order chi connectivity index (χ1) is 21.6. The molecule has 1 aliphatic rings. The highest BCUT2D eigenvalue weighted by atomic mass is 35.5. The first-order valence-electron chi connectivity index (χ1n) is 14.9. The quantitative estimate of drug-likeness (QED) is 0.122. The first kappa shape index (κ1) is 33.9. The lowest BCUT2D eigenvalue weighted by atomic mass is 9.80. The summed E-state index contributed by atoms with van der Waals surface area (Å²) in [5.41, 5.74) is 17.0. The Hall–Kier alpha value is -3.94. The molecule has 238 valence electrons. The van der Waals surface area contributed by atoms with E-state index in [0.29, 0.717) is 40.6 Å². The molecule has 0 aromatic heterocycles. The normalized spacial score (nSPS) is 16.6. The number of amides is 2. The maximum absolute atomic E-state index is 13.1. The minimum absolute atomic E-state index is 0.0642. The Morgan fingerprint density at radius 1 is 1.02 bits per heavy atom. The maximum Gasteiger partial charge on any atom is 0.488 e. The van der Waals surface area contributed by atoms with E-state index in [1.807, 2.05) is 42.2 Å². The van der Waals surface area contributed by atoms with Crippen LogP contribution in [-0.4, -0.2) is 73.3 Å². The maximum atomic E-state index is 13.1. The number of methoxy groups -OCH3 is 1. The molecule has 11 nitrogen and oxygen atoms in total. The Morgan fingerprint density at radius 2 is 1.69 bits per heavy atom. The molecule has 3 aromatic rings. The molecule has 8 N–H and O–H groups in total. The van der Waals surface area contributed by atoms with Gasteiger partial charge in [0.1, 0.15) is 11.9 Å². The SMILES string of the molecule is COc1ccc2c(c1)C(c1ccc(Cl)cc1)=N[C@@H](CC(=O)NCCCCCNC(=O)c1ccc(B(O)O)cc1)C(N)N2C(C)N. The minimum Gasteiger partial charge on any atom is -0.497 e. The van der Waals surface area contributed by atoms with Crippen LogP contribution in [0.25, 0.3) is 0 Å². The van der Waals surface area contributed by atoms with Gasteiger partial charge in [0, 0.05) is 40.5 Å². The van der Waals surface area contributed by atoms with Crippen molar-refractivity contribution in [2.24, 2.45) is 16.5 Å². The van der Waals surface area contributed by atoms with Gasteiger partial charge in [0.25, 0.3) is 5.91 Å². The number of benzene rings is 3. The van der Waals surface area contributed by atoms with Gasteiger partial charge in [-0.05, 0) is 74.1 Å². The minimum atomic E-state index is -1.57. The second kappa shape index (κ2) is 15.9. The molecule has 3 atom stereocenters. The van der Waals surface area contributed by atoms with Gasteiger partial charge in [0.15, 0.2) is 0 Å². The molecule has 0 bridgehead atoms. The van der Waals surface area contributed by atoms with E-state index in [1.165, 1.54) is 12.1 Å². The van der Waals surface area contributed by atoms with E-state index in [2.05, 4.69) is 10.6 Å². The second-order valence-electron chi connectivity index (χ2n) is 10.9. The molecule has 45 heavy (non-hydrogen) atoms. The average Bonchev–Trinajstić information content (AvgIpc) is 3.14. The van der Waals surface area contributed by atoms with Crippen molar-refractivity contribution in [3.05, 3.63) is 88.4 Å². The standard InChI is InChI=1S/C32H40BClN6O5/c1-20(35)40-28-15-14-25(45-2)18-26(28)30(21-8-12-24(34)13-9-21)39-27(31(40)36)19-29(41)37-16-4-3-5-17-38-32(42)22-6-10-23(11-7-22)33(43)44/h6-15,18,20,27,31,43-44H,3-5,16-17,19,35-36H2,1-2H3,(H,37,41)(H,38,42)/t20?,27-,31?/m0/s1. The number of carbonyl (C=O) groups is 2. The number of hydrogen-bond acceptors (Lipinski definition) is 9. The zero-order valence-electron chi connectivity index (χ0n) is 25.4. The van der Waals surface area contributed by atoms with Crippen LogP contribution in [-0.2, 0) is 4.79 Å². The predicted octanol–water partition coefficient (Wildman–Crippen LogP) is 1.75. The van der Waals surface area contributed by atoms with Crippen molar-refractivity contribution in [3.8, 4) is 5.75 Å². The van der Waals surface area contributed by atoms with Crippen molar-refractivity contribution >= 4 is 47.4 Å². The zero-order chi connectivity index (χ0) is 32.5. The van der Waals surface area contributed by atoms with Gasteiger partial charge in [-0.3, -0.25) is 14.6 Å². The van der Waals surface area contributed by atoms with E-state index in [9.17, 15) is 19.6 Å². The average molecular weight is 635 g/mol. The molecule has 2 unspecified atom stereocenters. The summed E-state index contributed by atoms with van der Waals surface area (Å²) in [7, 11) is 0.0276. The number of carbonyl (C=O) groups excluding carboxylic acids is 2. The Bertz CT molecular complexity index is 1490. The Labute approximate surface area is 268 Å². The van der Waals surface area contributed by atoms with Crippen LogP contribution in [0.15, 0.2) is 71.7 Å². The molecule has 0 fully saturated rings. The fourth-order valence-electron chi connectivity index (χ4n) is 5.24. The molecule has 0 aliphatic carbocycles. The van der Waals surface area contributed by atoms with E-state index in [-0.39, 0.29) is 18.2 Å². The topological polar surface area (TPSA) is 176 Å². The number of aliphatic imine (C=N–C) groups is 1. The van der Waals surface area contributed by atoms with Crippen molar-refractivity contribution in [2.45, 2.75) is 51.0 Å². The van der Waals surface area contributed by atoms with E-state index in [1.54, 1.807) is 31.4 Å². The summed E-state index contributed by atoms with van der Waals surface area (Å²) in [5.74, 6) is 0.247. The third kappa shape index (κ3) is 8.83. The van der Waals surface area contributed by atoms with Crippen LogP contribution < -0.4 is 37.2 Å². The van der Waals surface area contributed by atoms with Gasteiger partial charge in [-0.1, -0.05) is 35.9 Å². The zero-order valence-corrected chi connectivity index (χ0v) is 26.2. The van der Waals surface area contributed by atoms with Gasteiger partial charge in [0.05, 0.1) is 31.4 Å². The highest BCUT2D eigenvalue weighted by Gasteiger charge is 2.34. The highest BCUT2D eigenvalue weighted by molar-refractivity contribution is 6.58. The third-order valence-corrected chi connectivity index (χ3v) is 7.88. The number of unbranched alkanes of at least 4 members (excludes halogenated alkanes) is 2. The van der Waals surface area contributed by atoms with Gasteiger partial charge in [-0.15, -0.1) is 0 Å². The third-order valence-electron chi connectivity index (χ3n) is 7.63. The summed E-state index contributed by atoms with van der Waals surface area (Å²) in [6.07, 6.45) is 1.22. The Balaban J connectivity index is 1.35. The first-order valence-corrected chi connectivity index (χ1v) is 15.3. The fourth-order valence-corrected chi connectivity index (χ4v) is 5.36. The number of benzodiazepines with no additional fused rings is 1. The van der Waals surface area contributed by atoms with Crippen LogP contribution >= 0.6 is 11.6 Å². The molecule has 0 radical (unpaired) electrons. The van der Waals surface area contributed by atoms with Gasteiger partial charge >= 0.3 is 7.12 Å².